The Kier molecular flexibility index (Phi) is 5.73. The second kappa shape index (κ2) is 8.43. The van der Waals surface area contributed by atoms with Crippen LogP contribution in [0.15, 0.2) is 41.0 Å². The zero-order chi connectivity index (χ0) is 26.1. The number of phenols is 1. The molecule has 7 heteroatoms. The number of allylic oxidation sites excluding steroid dienone is 4. The maximum atomic E-state index is 14.0. The molecule has 0 aromatic heterocycles. The summed E-state index contributed by atoms with van der Waals surface area (Å²) in [6.45, 7) is 9.60. The standard InChI is InChI=1S/C29H33NO6/c1-6-30-27(34)18-10-9-17-19(23(18)28(30)35)13-20-25(32)14(3)15(4)26(33)29(20,5)24(17)16-8-11-21(31)22(12-16)36-7-2/h8-9,11-12,18-20,23-24,31H,6-7,10,13H2,1-5H3/t18-,19+,20-,23-,24-,29+/m0/s1. The summed E-state index contributed by atoms with van der Waals surface area (Å²) in [7, 11) is 0. The van der Waals surface area contributed by atoms with Crippen LogP contribution < -0.4 is 4.74 Å². The number of nitrogens with zero attached hydrogens (tertiary/aromatic N) is 1. The molecule has 7 nitrogen and oxygen atoms in total. The molecular formula is C29H33NO6. The largest absolute Gasteiger partial charge is 0.504 e. The van der Waals surface area contributed by atoms with Crippen molar-refractivity contribution < 1.29 is 29.0 Å². The fraction of sp³-hybridized carbons (Fsp3) is 0.517. The summed E-state index contributed by atoms with van der Waals surface area (Å²) in [6, 6.07) is 5.08. The molecule has 1 N–H and O–H groups in total. The van der Waals surface area contributed by atoms with Gasteiger partial charge in [0.25, 0.3) is 0 Å². The van der Waals surface area contributed by atoms with Crippen molar-refractivity contribution in [1.29, 1.82) is 0 Å². The summed E-state index contributed by atoms with van der Waals surface area (Å²) in [6.07, 6.45) is 2.83. The summed E-state index contributed by atoms with van der Waals surface area (Å²) in [4.78, 5) is 55.5. The Bertz CT molecular complexity index is 1260. The zero-order valence-corrected chi connectivity index (χ0v) is 21.5. The first-order chi connectivity index (χ1) is 17.1. The number of carbonyl (C=O) groups is 4. The van der Waals surface area contributed by atoms with E-state index in [2.05, 4.69) is 0 Å². The highest BCUT2D eigenvalue weighted by atomic mass is 16.5. The van der Waals surface area contributed by atoms with Crippen molar-refractivity contribution in [3.05, 3.63) is 46.6 Å². The summed E-state index contributed by atoms with van der Waals surface area (Å²) in [5.74, 6) is -2.49. The number of rotatable bonds is 4. The molecule has 36 heavy (non-hydrogen) atoms. The van der Waals surface area contributed by atoms with Gasteiger partial charge in [-0.05, 0) is 75.3 Å². The van der Waals surface area contributed by atoms with E-state index >= 15 is 0 Å². The van der Waals surface area contributed by atoms with Gasteiger partial charge in [-0.1, -0.05) is 24.6 Å². The number of fused-ring (bicyclic) bond motifs is 4. The van der Waals surface area contributed by atoms with E-state index in [0.29, 0.717) is 42.9 Å². The number of Topliss-reactive ketones (excluding diaryl/α,β-unsaturated/α-hetero) is 2. The molecule has 0 unspecified atom stereocenters. The van der Waals surface area contributed by atoms with E-state index in [1.807, 2.05) is 19.9 Å². The highest BCUT2D eigenvalue weighted by Crippen LogP contribution is 2.63. The molecule has 5 rings (SSSR count). The van der Waals surface area contributed by atoms with E-state index < -0.39 is 29.1 Å². The molecule has 4 aliphatic rings. The van der Waals surface area contributed by atoms with E-state index in [0.717, 1.165) is 11.1 Å². The van der Waals surface area contributed by atoms with Crippen LogP contribution in [0.25, 0.3) is 0 Å². The number of carbonyl (C=O) groups excluding carboxylic acids is 4. The van der Waals surface area contributed by atoms with Crippen LogP contribution in [0.3, 0.4) is 0 Å². The molecule has 1 saturated carbocycles. The smallest absolute Gasteiger partial charge is 0.233 e. The number of benzene rings is 1. The van der Waals surface area contributed by atoms with Gasteiger partial charge in [0.05, 0.1) is 23.9 Å². The van der Waals surface area contributed by atoms with E-state index in [9.17, 15) is 24.3 Å². The summed E-state index contributed by atoms with van der Waals surface area (Å²) >= 11 is 0. The van der Waals surface area contributed by atoms with E-state index in [4.69, 9.17) is 4.74 Å². The van der Waals surface area contributed by atoms with Gasteiger partial charge in [0.2, 0.25) is 11.8 Å². The van der Waals surface area contributed by atoms with Crippen LogP contribution in [0.4, 0.5) is 0 Å². The van der Waals surface area contributed by atoms with Gasteiger partial charge in [-0.15, -0.1) is 0 Å². The highest BCUT2D eigenvalue weighted by Gasteiger charge is 2.63. The van der Waals surface area contributed by atoms with Crippen molar-refractivity contribution in [3.63, 3.8) is 0 Å². The number of ether oxygens (including phenoxy) is 1. The first-order valence-corrected chi connectivity index (χ1v) is 12.8. The fourth-order valence-electron chi connectivity index (χ4n) is 7.32. The van der Waals surface area contributed by atoms with Crippen molar-refractivity contribution in [2.75, 3.05) is 13.2 Å². The quantitative estimate of drug-likeness (QED) is 0.506. The van der Waals surface area contributed by atoms with Crippen molar-refractivity contribution in [2.45, 2.75) is 53.4 Å². The monoisotopic (exact) mass is 491 g/mol. The topological polar surface area (TPSA) is 101 Å². The summed E-state index contributed by atoms with van der Waals surface area (Å²) in [5, 5.41) is 10.4. The van der Waals surface area contributed by atoms with Gasteiger partial charge in [-0.3, -0.25) is 24.1 Å². The lowest BCUT2D eigenvalue weighted by atomic mass is 9.46. The third kappa shape index (κ3) is 3.10. The fourth-order valence-corrected chi connectivity index (χ4v) is 7.32. The maximum absolute atomic E-state index is 14.0. The van der Waals surface area contributed by atoms with E-state index in [-0.39, 0.29) is 35.0 Å². The van der Waals surface area contributed by atoms with Gasteiger partial charge in [0.1, 0.15) is 0 Å². The van der Waals surface area contributed by atoms with Crippen LogP contribution in [0.5, 0.6) is 11.5 Å². The Labute approximate surface area is 211 Å². The Morgan fingerprint density at radius 1 is 1.06 bits per heavy atom. The molecule has 0 bridgehead atoms. The molecule has 190 valence electrons. The van der Waals surface area contributed by atoms with Crippen molar-refractivity contribution in [2.24, 2.45) is 29.1 Å². The Morgan fingerprint density at radius 3 is 2.44 bits per heavy atom. The number of imide groups is 1. The molecule has 0 spiro atoms. The lowest BCUT2D eigenvalue weighted by molar-refractivity contribution is -0.143. The van der Waals surface area contributed by atoms with Gasteiger partial charge in [-0.2, -0.15) is 0 Å². The Balaban J connectivity index is 1.73. The third-order valence-corrected chi connectivity index (χ3v) is 9.20. The molecule has 2 fully saturated rings. The average molecular weight is 492 g/mol. The average Bonchev–Trinajstić information content (AvgIpc) is 3.11. The Hall–Kier alpha value is -3.22. The highest BCUT2D eigenvalue weighted by molar-refractivity contribution is 6.16. The second-order valence-electron chi connectivity index (χ2n) is 10.7. The van der Waals surface area contributed by atoms with Gasteiger partial charge < -0.3 is 9.84 Å². The molecule has 1 aromatic carbocycles. The normalized spacial score (nSPS) is 33.9. The van der Waals surface area contributed by atoms with Crippen LogP contribution in [-0.2, 0) is 19.2 Å². The number of aromatic hydroxyl groups is 1. The number of hydrogen-bond donors (Lipinski definition) is 1. The lowest BCUT2D eigenvalue weighted by Crippen LogP contribution is -2.55. The van der Waals surface area contributed by atoms with Crippen LogP contribution in [0, 0.1) is 29.1 Å². The molecule has 2 amide bonds. The van der Waals surface area contributed by atoms with Crippen LogP contribution >= 0.6 is 0 Å². The van der Waals surface area contributed by atoms with Crippen molar-refractivity contribution in [1.82, 2.24) is 4.90 Å². The predicted molar refractivity (Wildman–Crippen MR) is 132 cm³/mol. The number of ketones is 2. The minimum absolute atomic E-state index is 0.000438. The molecule has 3 aliphatic carbocycles. The summed E-state index contributed by atoms with van der Waals surface area (Å²) in [5.41, 5.74) is 1.61. The van der Waals surface area contributed by atoms with Crippen LogP contribution in [0.1, 0.15) is 58.9 Å². The molecule has 1 saturated heterocycles. The molecule has 1 heterocycles. The molecule has 1 aliphatic heterocycles. The minimum Gasteiger partial charge on any atom is -0.504 e. The second-order valence-corrected chi connectivity index (χ2v) is 10.7. The van der Waals surface area contributed by atoms with Crippen LogP contribution in [0.2, 0.25) is 0 Å². The van der Waals surface area contributed by atoms with Crippen LogP contribution in [-0.4, -0.2) is 46.5 Å². The number of amides is 2. The van der Waals surface area contributed by atoms with E-state index in [1.165, 1.54) is 4.90 Å². The van der Waals surface area contributed by atoms with Gasteiger partial charge in [-0.25, -0.2) is 0 Å². The summed E-state index contributed by atoms with van der Waals surface area (Å²) < 4.78 is 5.65. The Morgan fingerprint density at radius 2 is 1.78 bits per heavy atom. The van der Waals surface area contributed by atoms with Gasteiger partial charge in [0, 0.05) is 18.4 Å². The maximum Gasteiger partial charge on any atom is 0.233 e. The first-order valence-electron chi connectivity index (χ1n) is 12.8. The predicted octanol–water partition coefficient (Wildman–Crippen LogP) is 3.96. The zero-order valence-electron chi connectivity index (χ0n) is 21.5. The van der Waals surface area contributed by atoms with Crippen molar-refractivity contribution >= 4 is 23.4 Å². The molecule has 0 radical (unpaired) electrons. The van der Waals surface area contributed by atoms with Crippen molar-refractivity contribution in [3.8, 4) is 11.5 Å². The number of phenolic OH excluding ortho intramolecular Hbond substituents is 1. The SMILES string of the molecule is CCOc1cc([C@H]2C3=CC[C@@H]4C(=O)N(CC)C(=O)[C@@H]4[C@@H]3C[C@H]3C(=O)C(C)=C(C)C(=O)[C@@]23C)ccc1O. The molecular weight excluding hydrogens is 458 g/mol. The minimum atomic E-state index is -1.05. The number of hydrogen-bond acceptors (Lipinski definition) is 6. The molecule has 6 atom stereocenters. The molecule has 1 aromatic rings. The van der Waals surface area contributed by atoms with Gasteiger partial charge >= 0.3 is 0 Å². The third-order valence-electron chi connectivity index (χ3n) is 9.20. The first kappa shape index (κ1) is 24.5. The van der Waals surface area contributed by atoms with E-state index in [1.54, 1.807) is 39.0 Å². The number of likely N-dealkylation sites (tertiary alicyclic amines) is 1. The van der Waals surface area contributed by atoms with Gasteiger partial charge in [0.15, 0.2) is 23.1 Å². The lowest BCUT2D eigenvalue weighted by Gasteiger charge is -2.54.